The first-order valence-electron chi connectivity index (χ1n) is 20.5. The summed E-state index contributed by atoms with van der Waals surface area (Å²) >= 11 is 0.250. The summed E-state index contributed by atoms with van der Waals surface area (Å²) in [4.78, 5) is 47.5. The Morgan fingerprint density at radius 3 is 2.46 bits per heavy atom. The van der Waals surface area contributed by atoms with Crippen LogP contribution in [-0.2, 0) is 35.1 Å². The number of Topliss-reactive ketones (excluding diaryl/α,β-unsaturated/α-hetero) is 1. The molecule has 0 aliphatic carbocycles. The van der Waals surface area contributed by atoms with E-state index in [0.29, 0.717) is 44.6 Å². The number of benzene rings is 1. The summed E-state index contributed by atoms with van der Waals surface area (Å²) < 4.78 is 37.0. The predicted molar refractivity (Wildman–Crippen MR) is 226 cm³/mol. The number of cyclic esters (lactones) is 1. The van der Waals surface area contributed by atoms with Crippen LogP contribution in [0.25, 0.3) is 11.3 Å². The molecule has 1 aromatic carbocycles. The summed E-state index contributed by atoms with van der Waals surface area (Å²) in [7, 11) is 5.78. The molecule has 3 aliphatic rings. The van der Waals surface area contributed by atoms with Gasteiger partial charge < -0.3 is 34.7 Å². The van der Waals surface area contributed by atoms with Crippen LogP contribution in [0, 0.1) is 11.8 Å². The van der Waals surface area contributed by atoms with Gasteiger partial charge in [-0.15, -0.1) is 5.10 Å². The van der Waals surface area contributed by atoms with Crippen LogP contribution in [-0.4, -0.2) is 148 Å². The number of anilines is 1. The lowest BCUT2D eigenvalue weighted by Crippen LogP contribution is -2.61. The lowest BCUT2D eigenvalue weighted by Gasteiger charge is -2.43. The summed E-state index contributed by atoms with van der Waals surface area (Å²) in [6, 6.07) is 6.55. The maximum Gasteiger partial charge on any atom is 0.410 e. The van der Waals surface area contributed by atoms with E-state index < -0.39 is 60.1 Å². The Labute approximate surface area is 353 Å². The van der Waals surface area contributed by atoms with Gasteiger partial charge in [0.1, 0.15) is 23.8 Å². The van der Waals surface area contributed by atoms with Gasteiger partial charge in [0.05, 0.1) is 24.4 Å². The van der Waals surface area contributed by atoms with Crippen LogP contribution in [0.3, 0.4) is 0 Å². The molecule has 5 rings (SSSR count). The average Bonchev–Trinajstić information content (AvgIpc) is 3.77. The summed E-state index contributed by atoms with van der Waals surface area (Å²) in [5, 5.41) is 19.9. The molecule has 3 N–H and O–H groups in total. The zero-order chi connectivity index (χ0) is 43.8. The molecule has 1 aromatic heterocycles. The molecular weight excluding hydrogens is 782 g/mol. The summed E-state index contributed by atoms with van der Waals surface area (Å²) in [6.45, 7) is 14.3. The zero-order valence-electron chi connectivity index (χ0n) is 36.5. The van der Waals surface area contributed by atoms with E-state index in [9.17, 15) is 23.4 Å². The molecule has 2 saturated heterocycles. The van der Waals surface area contributed by atoms with Crippen molar-refractivity contribution in [3.63, 3.8) is 0 Å². The van der Waals surface area contributed by atoms with Crippen LogP contribution in [0.4, 0.5) is 14.4 Å². The fourth-order valence-corrected chi connectivity index (χ4v) is 8.49. The molecule has 1 amide bonds. The largest absolute Gasteiger partial charge is 0.458 e. The minimum absolute atomic E-state index is 0.180. The number of unbranched alkanes of at least 4 members (excludes halogenated alkanes) is 1. The van der Waals surface area contributed by atoms with Gasteiger partial charge in [0.25, 0.3) is 0 Å². The van der Waals surface area contributed by atoms with Gasteiger partial charge in [-0.05, 0) is 99.2 Å². The van der Waals surface area contributed by atoms with E-state index in [2.05, 4.69) is 15.2 Å². The van der Waals surface area contributed by atoms with E-state index in [4.69, 9.17) is 24.7 Å². The Bertz CT molecular complexity index is 1750. The van der Waals surface area contributed by atoms with Crippen molar-refractivity contribution in [1.29, 1.82) is 0 Å². The smallest absolute Gasteiger partial charge is 0.410 e. The average molecular weight is 848 g/mol. The third-order valence-corrected chi connectivity index (χ3v) is 12.0. The number of aliphatic hydroxyl groups excluding tert-OH is 1. The third-order valence-electron chi connectivity index (χ3n) is 12.0. The van der Waals surface area contributed by atoms with E-state index in [1.54, 1.807) is 23.4 Å². The van der Waals surface area contributed by atoms with Crippen molar-refractivity contribution >= 4 is 35.7 Å². The molecule has 11 atom stereocenters. The van der Waals surface area contributed by atoms with Crippen molar-refractivity contribution in [3.05, 3.63) is 42.1 Å². The van der Waals surface area contributed by atoms with Crippen LogP contribution in [0.15, 0.2) is 42.1 Å². The van der Waals surface area contributed by atoms with Gasteiger partial charge in [-0.2, -0.15) is 3.89 Å². The van der Waals surface area contributed by atoms with Crippen LogP contribution >= 0.6 is 12.1 Å². The number of aromatic nitrogens is 3. The van der Waals surface area contributed by atoms with Crippen LogP contribution in [0.5, 0.6) is 0 Å². The normalized spacial score (nSPS) is 33.3. The van der Waals surface area contributed by atoms with E-state index >= 15 is 0 Å². The standard InChI is InChI=1S/C41H63N7O8.CH3FS/c1-11-33-41(7)37(48(40(52)56-41)19-13-12-18-47-23-31(43-44-47)29-15-14-16-30(42)22-29)28(6)46(10)20-17-24(2)36(26(4)34(49)27(5)38(51)54-33)55-39-35(50)32(45(8)9)21-25(3)53-39;1-3-2/h14-17,22-23,25-28,32-33,35-37,39,50H,11-13,18-21,42H2,1-10H3;1H3/b24-17+;/t25?,26-,27+,28+,32?,33+,35?,36-,37+,39-,41+;/m0./s1. The van der Waals surface area contributed by atoms with Crippen molar-refractivity contribution < 1.29 is 42.3 Å². The number of halogens is 1. The molecular formula is C42H66FN7O8S. The number of nitrogens with zero attached hydrogens (tertiary/aromatic N) is 6. The van der Waals surface area contributed by atoms with Gasteiger partial charge in [-0.25, -0.2) is 4.79 Å². The van der Waals surface area contributed by atoms with Crippen molar-refractivity contribution in [3.8, 4) is 11.3 Å². The Kier molecular flexibility index (Phi) is 17.3. The number of aliphatic hydroxyl groups is 1. The summed E-state index contributed by atoms with van der Waals surface area (Å²) in [5.74, 6) is -2.95. The molecule has 2 fully saturated rings. The number of likely N-dealkylation sites (N-methyl/N-ethyl adjacent to an activating group) is 2. The minimum atomic E-state index is -1.20. The molecule has 3 aliphatic heterocycles. The number of amides is 1. The molecule has 3 unspecified atom stereocenters. The number of nitrogens with two attached hydrogens (primary N) is 1. The van der Waals surface area contributed by atoms with Crippen LogP contribution < -0.4 is 5.73 Å². The predicted octanol–water partition coefficient (Wildman–Crippen LogP) is 5.38. The molecule has 17 heteroatoms. The van der Waals surface area contributed by atoms with Gasteiger partial charge in [0, 0.05) is 67.3 Å². The maximum absolute atomic E-state index is 14.1. The second kappa shape index (κ2) is 21.3. The number of nitrogen functional groups attached to an aromatic ring is 1. The number of aryl methyl sites for hydroxylation is 1. The van der Waals surface area contributed by atoms with E-state index in [1.165, 1.54) is 6.26 Å². The molecule has 4 heterocycles. The van der Waals surface area contributed by atoms with Crippen LogP contribution in [0.2, 0.25) is 0 Å². The van der Waals surface area contributed by atoms with Crippen LogP contribution in [0.1, 0.15) is 74.1 Å². The number of esters is 1. The lowest BCUT2D eigenvalue weighted by atomic mass is 9.83. The number of carbonyl (C=O) groups is 3. The summed E-state index contributed by atoms with van der Waals surface area (Å²) in [6.07, 6.45) is 3.43. The van der Waals surface area contributed by atoms with Gasteiger partial charge in [-0.1, -0.05) is 37.3 Å². The molecule has 15 nitrogen and oxygen atoms in total. The second-order valence-electron chi connectivity index (χ2n) is 16.5. The SMILES string of the molecule is CC[C@H]1OC(=O)[C@H](C)C(=O)[C@H](C)[C@@H](O[C@@H]2OC(C)CC(N(C)C)C2O)/C(C)=C/CN(C)[C@H](C)[C@H]2N(CCCCn3cc(-c4cccc(N)c4)nn3)C(=O)O[C@]12C.CSF. The van der Waals surface area contributed by atoms with E-state index in [1.807, 2.05) is 97.2 Å². The highest BCUT2D eigenvalue weighted by Gasteiger charge is 2.59. The van der Waals surface area contributed by atoms with Crippen molar-refractivity contribution in [2.24, 2.45) is 11.8 Å². The third kappa shape index (κ3) is 11.4. The number of hydrogen-bond donors (Lipinski definition) is 2. The number of hydrogen-bond acceptors (Lipinski definition) is 14. The zero-order valence-corrected chi connectivity index (χ0v) is 37.4. The molecule has 2 aromatic rings. The van der Waals surface area contributed by atoms with Gasteiger partial charge >= 0.3 is 12.1 Å². The summed E-state index contributed by atoms with van der Waals surface area (Å²) in [5.41, 5.74) is 7.78. The number of ketones is 1. The number of rotatable bonds is 10. The van der Waals surface area contributed by atoms with Gasteiger partial charge in [-0.3, -0.25) is 24.1 Å². The van der Waals surface area contributed by atoms with E-state index in [0.717, 1.165) is 23.3 Å². The minimum Gasteiger partial charge on any atom is -0.458 e. The first-order chi connectivity index (χ1) is 27.9. The monoisotopic (exact) mass is 847 g/mol. The molecule has 59 heavy (non-hydrogen) atoms. The molecule has 0 bridgehead atoms. The van der Waals surface area contributed by atoms with Gasteiger partial charge in [0.15, 0.2) is 17.7 Å². The highest BCUT2D eigenvalue weighted by Crippen LogP contribution is 2.40. The van der Waals surface area contributed by atoms with Crippen molar-refractivity contribution in [2.45, 2.75) is 135 Å². The number of fused-ring (bicyclic) bond motifs is 1. The van der Waals surface area contributed by atoms with E-state index in [-0.39, 0.29) is 36.1 Å². The van der Waals surface area contributed by atoms with Gasteiger partial charge in [0.2, 0.25) is 0 Å². The Balaban J connectivity index is 0.00000248. The fourth-order valence-electron chi connectivity index (χ4n) is 8.49. The highest BCUT2D eigenvalue weighted by atomic mass is 32.2. The first-order valence-corrected chi connectivity index (χ1v) is 21.7. The Hall–Kier alpha value is -3.61. The molecule has 330 valence electrons. The molecule has 0 saturated carbocycles. The topological polar surface area (TPSA) is 175 Å². The number of carbonyl (C=O) groups excluding carboxylic acids is 3. The van der Waals surface area contributed by atoms with Crippen molar-refractivity contribution in [1.82, 2.24) is 29.7 Å². The number of ether oxygens (including phenoxy) is 4. The molecule has 0 spiro atoms. The quantitative estimate of drug-likeness (QED) is 0.103. The lowest BCUT2D eigenvalue weighted by molar-refractivity contribution is -0.267. The Morgan fingerprint density at radius 2 is 1.81 bits per heavy atom. The first kappa shape index (κ1) is 48.1. The molecule has 0 radical (unpaired) electrons. The highest BCUT2D eigenvalue weighted by molar-refractivity contribution is 7.93. The maximum atomic E-state index is 14.1. The Morgan fingerprint density at radius 1 is 1.14 bits per heavy atom. The van der Waals surface area contributed by atoms with Crippen molar-refractivity contribution in [2.75, 3.05) is 46.2 Å². The fraction of sp³-hybridized carbons (Fsp3) is 0.690. The second-order valence-corrected chi connectivity index (χ2v) is 16.9.